The Kier molecular flexibility index (Phi) is 6.53. The molecule has 2 aromatic carbocycles. The summed E-state index contributed by atoms with van der Waals surface area (Å²) in [5.41, 5.74) is 2.72. The number of ether oxygens (including phenoxy) is 2. The van der Waals surface area contributed by atoms with Crippen molar-refractivity contribution in [2.75, 3.05) is 27.4 Å². The average Bonchev–Trinajstić information content (AvgIpc) is 2.66. The van der Waals surface area contributed by atoms with Gasteiger partial charge in [0.15, 0.2) is 12.8 Å². The van der Waals surface area contributed by atoms with Gasteiger partial charge in [0.2, 0.25) is 0 Å². The molecule has 2 aromatic rings. The Labute approximate surface area is 163 Å². The Morgan fingerprint density at radius 3 is 2.81 bits per heavy atom. The monoisotopic (exact) mass is 391 g/mol. The van der Waals surface area contributed by atoms with Crippen molar-refractivity contribution in [2.24, 2.45) is 4.99 Å². The Balaban J connectivity index is 1.58. The van der Waals surface area contributed by atoms with Crippen molar-refractivity contribution in [2.45, 2.75) is 19.6 Å². The van der Waals surface area contributed by atoms with Gasteiger partial charge in [-0.15, -0.1) is 0 Å². The van der Waals surface area contributed by atoms with E-state index in [0.29, 0.717) is 26.1 Å². The number of aliphatic imine (C=N–C) groups is 1. The van der Waals surface area contributed by atoms with Crippen LogP contribution in [0.3, 0.4) is 0 Å². The summed E-state index contributed by atoms with van der Waals surface area (Å²) in [5.74, 6) is 1.22. The quantitative estimate of drug-likeness (QED) is 0.625. The fourth-order valence-electron chi connectivity index (χ4n) is 3.07. The van der Waals surface area contributed by atoms with Gasteiger partial charge in [0.05, 0.1) is 6.61 Å². The predicted octanol–water partition coefficient (Wildman–Crippen LogP) is 3.60. The Morgan fingerprint density at radius 1 is 1.30 bits per heavy atom. The number of hydrogen-bond acceptors (Lipinski definition) is 3. The van der Waals surface area contributed by atoms with Crippen molar-refractivity contribution >= 4 is 17.6 Å². The molecule has 0 fully saturated rings. The second kappa shape index (κ2) is 9.06. The van der Waals surface area contributed by atoms with Crippen LogP contribution in [0.1, 0.15) is 16.7 Å². The summed E-state index contributed by atoms with van der Waals surface area (Å²) < 4.78 is 24.6. The minimum Gasteiger partial charge on any atom is -0.467 e. The number of halogens is 2. The van der Waals surface area contributed by atoms with Crippen LogP contribution in [0, 0.1) is 5.82 Å². The lowest BCUT2D eigenvalue weighted by atomic mass is 10.1. The van der Waals surface area contributed by atoms with Gasteiger partial charge in [0, 0.05) is 37.8 Å². The van der Waals surface area contributed by atoms with Crippen LogP contribution in [0.5, 0.6) is 5.75 Å². The molecule has 0 aromatic heterocycles. The van der Waals surface area contributed by atoms with E-state index >= 15 is 0 Å². The number of fused-ring (bicyclic) bond motifs is 1. The van der Waals surface area contributed by atoms with Crippen molar-refractivity contribution < 1.29 is 13.9 Å². The molecule has 0 bridgehead atoms. The lowest BCUT2D eigenvalue weighted by molar-refractivity contribution is -0.0172. The first kappa shape index (κ1) is 19.5. The van der Waals surface area contributed by atoms with Gasteiger partial charge >= 0.3 is 0 Å². The van der Waals surface area contributed by atoms with Gasteiger partial charge in [-0.3, -0.25) is 4.99 Å². The number of hydrogen-bond donors (Lipinski definition) is 1. The molecular weight excluding hydrogens is 369 g/mol. The molecule has 1 heterocycles. The molecule has 0 unspecified atom stereocenters. The minimum atomic E-state index is -0.276. The van der Waals surface area contributed by atoms with Gasteiger partial charge in [-0.1, -0.05) is 23.7 Å². The van der Waals surface area contributed by atoms with E-state index in [9.17, 15) is 4.39 Å². The molecule has 0 saturated carbocycles. The normalized spacial score (nSPS) is 13.7. The van der Waals surface area contributed by atoms with E-state index in [0.717, 1.165) is 33.4 Å². The number of nitrogens with zero attached hydrogens (tertiary/aromatic N) is 2. The lowest BCUT2D eigenvalue weighted by Crippen LogP contribution is -2.39. The second-order valence-electron chi connectivity index (χ2n) is 6.37. The van der Waals surface area contributed by atoms with E-state index in [-0.39, 0.29) is 12.6 Å². The van der Waals surface area contributed by atoms with Crippen LogP contribution in [-0.2, 0) is 24.3 Å². The van der Waals surface area contributed by atoms with E-state index < -0.39 is 0 Å². The number of guanidine groups is 1. The summed E-state index contributed by atoms with van der Waals surface area (Å²) in [4.78, 5) is 6.34. The third-order valence-corrected chi connectivity index (χ3v) is 4.59. The summed E-state index contributed by atoms with van der Waals surface area (Å²) in [5, 5.41) is 4.03. The van der Waals surface area contributed by atoms with Crippen molar-refractivity contribution in [3.63, 3.8) is 0 Å². The molecule has 144 valence electrons. The van der Waals surface area contributed by atoms with Crippen LogP contribution in [0.15, 0.2) is 41.4 Å². The maximum atomic E-state index is 13.8. The van der Waals surface area contributed by atoms with Crippen LogP contribution in [0.4, 0.5) is 4.39 Å². The van der Waals surface area contributed by atoms with Gasteiger partial charge in [-0.05, 0) is 41.8 Å². The molecule has 0 spiro atoms. The van der Waals surface area contributed by atoms with Gasteiger partial charge in [0.1, 0.15) is 11.6 Å². The van der Waals surface area contributed by atoms with Crippen LogP contribution in [0.25, 0.3) is 0 Å². The molecule has 0 amide bonds. The third-order valence-electron chi connectivity index (χ3n) is 4.34. The molecule has 0 atom stereocenters. The van der Waals surface area contributed by atoms with Crippen LogP contribution in [-0.4, -0.2) is 38.3 Å². The van der Waals surface area contributed by atoms with E-state index in [1.54, 1.807) is 7.05 Å². The van der Waals surface area contributed by atoms with Gasteiger partial charge in [-0.2, -0.15) is 0 Å². The highest BCUT2D eigenvalue weighted by Crippen LogP contribution is 2.29. The van der Waals surface area contributed by atoms with Crippen LogP contribution < -0.4 is 10.1 Å². The van der Waals surface area contributed by atoms with E-state index in [1.165, 1.54) is 12.1 Å². The van der Waals surface area contributed by atoms with Crippen molar-refractivity contribution in [3.05, 3.63) is 63.9 Å². The highest BCUT2D eigenvalue weighted by atomic mass is 35.5. The predicted molar refractivity (Wildman–Crippen MR) is 105 cm³/mol. The van der Waals surface area contributed by atoms with Crippen molar-refractivity contribution in [1.82, 2.24) is 10.2 Å². The molecule has 0 saturated heterocycles. The van der Waals surface area contributed by atoms with Gasteiger partial charge in [-0.25, -0.2) is 4.39 Å². The molecule has 7 heteroatoms. The zero-order valence-electron chi connectivity index (χ0n) is 15.5. The zero-order valence-corrected chi connectivity index (χ0v) is 16.2. The highest BCUT2D eigenvalue weighted by molar-refractivity contribution is 6.30. The molecular formula is C20H23ClFN3O2. The molecule has 27 heavy (non-hydrogen) atoms. The molecule has 5 nitrogen and oxygen atoms in total. The SMILES string of the molecule is CN=C(NCCc1cc(F)cc2c1OCOC2)N(C)Cc1ccc(Cl)cc1. The van der Waals surface area contributed by atoms with Crippen LogP contribution >= 0.6 is 11.6 Å². The average molecular weight is 392 g/mol. The fraction of sp³-hybridized carbons (Fsp3) is 0.350. The molecule has 0 radical (unpaired) electrons. The molecule has 1 aliphatic rings. The second-order valence-corrected chi connectivity index (χ2v) is 6.81. The maximum Gasteiger partial charge on any atom is 0.193 e. The molecule has 0 aliphatic carbocycles. The maximum absolute atomic E-state index is 13.8. The topological polar surface area (TPSA) is 46.1 Å². The number of rotatable bonds is 5. The van der Waals surface area contributed by atoms with E-state index in [1.807, 2.05) is 36.2 Å². The van der Waals surface area contributed by atoms with Crippen molar-refractivity contribution in [1.29, 1.82) is 0 Å². The summed E-state index contributed by atoms with van der Waals surface area (Å²) in [6.07, 6.45) is 0.619. The molecule has 3 rings (SSSR count). The molecule has 1 aliphatic heterocycles. The van der Waals surface area contributed by atoms with Crippen molar-refractivity contribution in [3.8, 4) is 5.75 Å². The summed E-state index contributed by atoms with van der Waals surface area (Å²) in [6, 6.07) is 10.7. The van der Waals surface area contributed by atoms with Gasteiger partial charge in [0.25, 0.3) is 0 Å². The first-order chi connectivity index (χ1) is 13.1. The minimum absolute atomic E-state index is 0.199. The number of nitrogens with one attached hydrogen (secondary N) is 1. The van der Waals surface area contributed by atoms with E-state index in [4.69, 9.17) is 21.1 Å². The van der Waals surface area contributed by atoms with Gasteiger partial charge < -0.3 is 19.7 Å². The largest absolute Gasteiger partial charge is 0.467 e. The Morgan fingerprint density at radius 2 is 2.07 bits per heavy atom. The highest BCUT2D eigenvalue weighted by Gasteiger charge is 2.17. The summed E-state index contributed by atoms with van der Waals surface area (Å²) in [7, 11) is 3.71. The fourth-order valence-corrected chi connectivity index (χ4v) is 3.20. The Bertz CT molecular complexity index is 812. The van der Waals surface area contributed by atoms with E-state index in [2.05, 4.69) is 10.3 Å². The zero-order chi connectivity index (χ0) is 19.2. The first-order valence-electron chi connectivity index (χ1n) is 8.75. The standard InChI is InChI=1S/C20H23ClFN3O2/c1-23-20(25(2)11-14-3-5-17(21)6-4-14)24-8-7-15-9-18(22)10-16-12-26-13-27-19(15)16/h3-6,9-10H,7-8,11-13H2,1-2H3,(H,23,24). The smallest absolute Gasteiger partial charge is 0.193 e. The first-order valence-corrected chi connectivity index (χ1v) is 9.12. The number of benzene rings is 2. The third kappa shape index (κ3) is 5.11. The molecule has 1 N–H and O–H groups in total. The summed E-state index contributed by atoms with van der Waals surface area (Å²) >= 11 is 5.93. The Hall–Kier alpha value is -2.31. The lowest BCUT2D eigenvalue weighted by Gasteiger charge is -2.23. The van der Waals surface area contributed by atoms with Crippen LogP contribution in [0.2, 0.25) is 5.02 Å². The summed E-state index contributed by atoms with van der Waals surface area (Å²) in [6.45, 7) is 1.88.